The number of benzene rings is 1. The van der Waals surface area contributed by atoms with Gasteiger partial charge in [-0.05, 0) is 36.8 Å². The van der Waals surface area contributed by atoms with Crippen molar-refractivity contribution in [3.05, 3.63) is 42.2 Å². The SMILES string of the molecule is CC(C)Sc1cccc(-c2ccc(OCCCC(=O)O)c(F)c2)n1. The molecule has 0 aliphatic heterocycles. The summed E-state index contributed by atoms with van der Waals surface area (Å²) in [6.07, 6.45) is 0.344. The molecule has 24 heavy (non-hydrogen) atoms. The lowest BCUT2D eigenvalue weighted by Crippen LogP contribution is -2.03. The molecule has 0 aliphatic rings. The molecular formula is C18H20FNO3S. The van der Waals surface area contributed by atoms with Crippen molar-refractivity contribution in [1.29, 1.82) is 0 Å². The van der Waals surface area contributed by atoms with Crippen LogP contribution < -0.4 is 4.74 Å². The summed E-state index contributed by atoms with van der Waals surface area (Å²) in [6, 6.07) is 10.4. The molecule has 2 rings (SSSR count). The first-order valence-electron chi connectivity index (χ1n) is 7.74. The summed E-state index contributed by atoms with van der Waals surface area (Å²) in [5.41, 5.74) is 1.38. The van der Waals surface area contributed by atoms with Gasteiger partial charge in [0, 0.05) is 17.2 Å². The highest BCUT2D eigenvalue weighted by Gasteiger charge is 2.09. The number of nitrogens with zero attached hydrogens (tertiary/aromatic N) is 1. The van der Waals surface area contributed by atoms with Gasteiger partial charge in [0.1, 0.15) is 0 Å². The number of aromatic nitrogens is 1. The van der Waals surface area contributed by atoms with Crippen molar-refractivity contribution in [2.45, 2.75) is 37.0 Å². The molecule has 0 saturated heterocycles. The fraction of sp³-hybridized carbons (Fsp3) is 0.333. The van der Waals surface area contributed by atoms with E-state index in [4.69, 9.17) is 9.84 Å². The zero-order chi connectivity index (χ0) is 17.5. The van der Waals surface area contributed by atoms with E-state index in [0.29, 0.717) is 22.9 Å². The van der Waals surface area contributed by atoms with Gasteiger partial charge >= 0.3 is 5.97 Å². The number of hydrogen-bond donors (Lipinski definition) is 1. The highest BCUT2D eigenvalue weighted by Crippen LogP contribution is 2.27. The molecule has 0 atom stereocenters. The molecule has 4 nitrogen and oxygen atoms in total. The van der Waals surface area contributed by atoms with Gasteiger partial charge in [-0.15, -0.1) is 11.8 Å². The van der Waals surface area contributed by atoms with Crippen LogP contribution in [0.1, 0.15) is 26.7 Å². The molecule has 1 N–H and O–H groups in total. The van der Waals surface area contributed by atoms with Gasteiger partial charge in [-0.1, -0.05) is 19.9 Å². The molecule has 2 aromatic rings. The lowest BCUT2D eigenvalue weighted by molar-refractivity contribution is -0.137. The summed E-state index contributed by atoms with van der Waals surface area (Å²) in [7, 11) is 0. The summed E-state index contributed by atoms with van der Waals surface area (Å²) in [5, 5.41) is 9.89. The summed E-state index contributed by atoms with van der Waals surface area (Å²) in [5.74, 6) is -1.25. The molecule has 1 aromatic carbocycles. The van der Waals surface area contributed by atoms with Crippen molar-refractivity contribution in [1.82, 2.24) is 4.98 Å². The van der Waals surface area contributed by atoms with Gasteiger partial charge in [0.15, 0.2) is 11.6 Å². The second kappa shape index (κ2) is 8.68. The average Bonchev–Trinajstić information content (AvgIpc) is 2.52. The Labute approximate surface area is 145 Å². The first kappa shape index (κ1) is 18.3. The van der Waals surface area contributed by atoms with E-state index >= 15 is 0 Å². The van der Waals surface area contributed by atoms with Crippen LogP contribution in [-0.2, 0) is 4.79 Å². The Morgan fingerprint density at radius 3 is 2.79 bits per heavy atom. The summed E-state index contributed by atoms with van der Waals surface area (Å²) < 4.78 is 19.4. The first-order chi connectivity index (χ1) is 11.5. The third-order valence-electron chi connectivity index (χ3n) is 3.10. The van der Waals surface area contributed by atoms with Crippen molar-refractivity contribution in [3.8, 4) is 17.0 Å². The Bertz CT molecular complexity index is 706. The van der Waals surface area contributed by atoms with Gasteiger partial charge < -0.3 is 9.84 Å². The highest BCUT2D eigenvalue weighted by atomic mass is 32.2. The Morgan fingerprint density at radius 2 is 2.12 bits per heavy atom. The van der Waals surface area contributed by atoms with Crippen molar-refractivity contribution < 1.29 is 19.0 Å². The predicted octanol–water partition coefficient (Wildman–Crippen LogP) is 4.63. The normalized spacial score (nSPS) is 10.8. The number of aliphatic carboxylic acids is 1. The zero-order valence-corrected chi connectivity index (χ0v) is 14.5. The molecular weight excluding hydrogens is 329 g/mol. The molecule has 1 aromatic heterocycles. The van der Waals surface area contributed by atoms with Crippen molar-refractivity contribution in [3.63, 3.8) is 0 Å². The van der Waals surface area contributed by atoms with E-state index in [2.05, 4.69) is 18.8 Å². The van der Waals surface area contributed by atoms with Crippen molar-refractivity contribution in [2.75, 3.05) is 6.61 Å². The minimum Gasteiger partial charge on any atom is -0.491 e. The maximum absolute atomic E-state index is 14.2. The maximum Gasteiger partial charge on any atom is 0.303 e. The van der Waals surface area contributed by atoms with Gasteiger partial charge in [0.05, 0.1) is 17.3 Å². The van der Waals surface area contributed by atoms with Gasteiger partial charge in [-0.25, -0.2) is 9.37 Å². The van der Waals surface area contributed by atoms with Crippen LogP contribution in [0, 0.1) is 5.82 Å². The number of rotatable bonds is 8. The van der Waals surface area contributed by atoms with E-state index in [1.165, 1.54) is 6.07 Å². The molecule has 0 bridgehead atoms. The van der Waals surface area contributed by atoms with Crippen molar-refractivity contribution in [2.24, 2.45) is 0 Å². The quantitative estimate of drug-likeness (QED) is 0.556. The van der Waals surface area contributed by atoms with E-state index in [1.807, 2.05) is 18.2 Å². The number of carboxylic acids is 1. The van der Waals surface area contributed by atoms with Crippen LogP contribution >= 0.6 is 11.8 Å². The number of carbonyl (C=O) groups is 1. The molecule has 6 heteroatoms. The smallest absolute Gasteiger partial charge is 0.303 e. The number of carboxylic acid groups (broad SMARTS) is 1. The van der Waals surface area contributed by atoms with Gasteiger partial charge in [0.25, 0.3) is 0 Å². The number of ether oxygens (including phenoxy) is 1. The molecule has 1 heterocycles. The van der Waals surface area contributed by atoms with Crippen molar-refractivity contribution >= 4 is 17.7 Å². The Hall–Kier alpha value is -2.08. The predicted molar refractivity (Wildman–Crippen MR) is 93.0 cm³/mol. The molecule has 0 radical (unpaired) electrons. The van der Waals surface area contributed by atoms with Crippen LogP contribution in [0.25, 0.3) is 11.3 Å². The summed E-state index contributed by atoms with van der Waals surface area (Å²) in [6.45, 7) is 4.35. The fourth-order valence-corrected chi connectivity index (χ4v) is 2.86. The Morgan fingerprint density at radius 1 is 1.33 bits per heavy atom. The maximum atomic E-state index is 14.2. The zero-order valence-electron chi connectivity index (χ0n) is 13.7. The minimum absolute atomic E-state index is 0.00390. The van der Waals surface area contributed by atoms with Crippen LogP contribution in [0.15, 0.2) is 41.4 Å². The fourth-order valence-electron chi connectivity index (χ4n) is 2.07. The van der Waals surface area contributed by atoms with Gasteiger partial charge in [0.2, 0.25) is 0 Å². The third kappa shape index (κ3) is 5.53. The van der Waals surface area contributed by atoms with Gasteiger partial charge in [-0.3, -0.25) is 4.79 Å². The molecule has 128 valence electrons. The van der Waals surface area contributed by atoms with Crippen LogP contribution in [0.4, 0.5) is 4.39 Å². The van der Waals surface area contributed by atoms with E-state index in [9.17, 15) is 9.18 Å². The number of thioether (sulfide) groups is 1. The van der Waals surface area contributed by atoms with E-state index in [0.717, 1.165) is 5.03 Å². The van der Waals surface area contributed by atoms with E-state index in [-0.39, 0.29) is 18.8 Å². The molecule has 0 saturated carbocycles. The lowest BCUT2D eigenvalue weighted by Gasteiger charge is -2.09. The first-order valence-corrected chi connectivity index (χ1v) is 8.62. The highest BCUT2D eigenvalue weighted by molar-refractivity contribution is 7.99. The van der Waals surface area contributed by atoms with E-state index < -0.39 is 11.8 Å². The Kier molecular flexibility index (Phi) is 6.61. The van der Waals surface area contributed by atoms with Gasteiger partial charge in [-0.2, -0.15) is 0 Å². The average molecular weight is 349 g/mol. The van der Waals surface area contributed by atoms with Crippen LogP contribution in [0.3, 0.4) is 0 Å². The molecule has 0 aliphatic carbocycles. The second-order valence-corrected chi connectivity index (χ2v) is 7.12. The topological polar surface area (TPSA) is 59.4 Å². The van der Waals surface area contributed by atoms with Crippen LogP contribution in [-0.4, -0.2) is 27.9 Å². The lowest BCUT2D eigenvalue weighted by atomic mass is 10.1. The summed E-state index contributed by atoms with van der Waals surface area (Å²) in [4.78, 5) is 15.0. The number of pyridine rings is 1. The molecule has 0 fully saturated rings. The Balaban J connectivity index is 2.07. The van der Waals surface area contributed by atoms with Crippen LogP contribution in [0.2, 0.25) is 0 Å². The molecule has 0 spiro atoms. The standard InChI is InChI=1S/C18H20FNO3S/c1-12(2)24-17-6-3-5-15(20-17)13-8-9-16(14(19)11-13)23-10-4-7-18(21)22/h3,5-6,8-9,11-12H,4,7,10H2,1-2H3,(H,21,22). The minimum atomic E-state index is -0.889. The number of halogens is 1. The van der Waals surface area contributed by atoms with E-state index in [1.54, 1.807) is 23.9 Å². The monoisotopic (exact) mass is 349 g/mol. The third-order valence-corrected chi connectivity index (χ3v) is 4.04. The largest absolute Gasteiger partial charge is 0.491 e. The number of hydrogen-bond acceptors (Lipinski definition) is 4. The second-order valence-electron chi connectivity index (χ2n) is 5.52. The molecule has 0 unspecified atom stereocenters. The van der Waals surface area contributed by atoms with Crippen LogP contribution in [0.5, 0.6) is 5.75 Å². The molecule has 0 amide bonds. The summed E-state index contributed by atoms with van der Waals surface area (Å²) >= 11 is 1.65.